The predicted octanol–water partition coefficient (Wildman–Crippen LogP) is 11.3. The van der Waals surface area contributed by atoms with E-state index >= 15 is 0 Å². The van der Waals surface area contributed by atoms with Gasteiger partial charge < -0.3 is 4.74 Å². The second-order valence-electron chi connectivity index (χ2n) is 18.3. The summed E-state index contributed by atoms with van der Waals surface area (Å²) in [6.45, 7) is 26.9. The highest BCUT2D eigenvalue weighted by Gasteiger charge is 2.35. The van der Waals surface area contributed by atoms with Crippen molar-refractivity contribution in [2.24, 2.45) is 18.4 Å². The molecule has 0 saturated carbocycles. The van der Waals surface area contributed by atoms with Crippen LogP contribution >= 0.6 is 0 Å². The second-order valence-corrected chi connectivity index (χ2v) is 18.3. The van der Waals surface area contributed by atoms with E-state index in [4.69, 9.17) is 19.7 Å². The van der Waals surface area contributed by atoms with Crippen LogP contribution in [-0.2, 0) is 30.7 Å². The van der Waals surface area contributed by atoms with E-state index in [1.165, 1.54) is 38.7 Å². The summed E-state index contributed by atoms with van der Waals surface area (Å²) in [5.74, 6) is 4.81. The number of hydrogen-bond acceptors (Lipinski definition) is 4. The monoisotopic (exact) mass is 665 g/mol. The van der Waals surface area contributed by atoms with Gasteiger partial charge in [-0.25, -0.2) is 19.5 Å². The fourth-order valence-electron chi connectivity index (χ4n) is 7.60. The number of rotatable bonds is 4. The number of pyridine rings is 1. The van der Waals surface area contributed by atoms with Crippen LogP contribution < -0.4 is 9.30 Å². The largest absolute Gasteiger partial charge is 0.455 e. The Hall–Kier alpha value is -4.38. The van der Waals surface area contributed by atoms with Gasteiger partial charge in [0.25, 0.3) is 0 Å². The molecule has 0 aliphatic carbocycles. The molecule has 0 atom stereocenters. The molecular formula is C45H53N4O+. The average molecular weight is 666 g/mol. The summed E-state index contributed by atoms with van der Waals surface area (Å²) in [6, 6.07) is 18.1. The number of hydrogen-bond donors (Lipinski definition) is 0. The van der Waals surface area contributed by atoms with Gasteiger partial charge in [-0.05, 0) is 64.5 Å². The number of benzene rings is 4. The summed E-state index contributed by atoms with van der Waals surface area (Å²) in [5, 5.41) is 7.14. The highest BCUT2D eigenvalue weighted by atomic mass is 16.5. The second kappa shape index (κ2) is 11.6. The van der Waals surface area contributed by atoms with Gasteiger partial charge in [-0.15, -0.1) is 0 Å². The van der Waals surface area contributed by atoms with Crippen molar-refractivity contribution in [2.75, 3.05) is 0 Å². The maximum atomic E-state index is 7.19. The zero-order chi connectivity index (χ0) is 36.1. The average Bonchev–Trinajstić information content (AvgIpc) is 3.01. The molecule has 1 aliphatic rings. The van der Waals surface area contributed by atoms with E-state index in [1.807, 2.05) is 0 Å². The summed E-state index contributed by atoms with van der Waals surface area (Å²) < 4.78 is 9.48. The van der Waals surface area contributed by atoms with Crippen molar-refractivity contribution in [1.29, 1.82) is 0 Å². The Balaban J connectivity index is 1.58. The topological polar surface area (TPSA) is 51.8 Å². The molecule has 4 aromatic carbocycles. The third kappa shape index (κ3) is 5.83. The van der Waals surface area contributed by atoms with Gasteiger partial charge in [0.2, 0.25) is 5.69 Å². The first-order valence-corrected chi connectivity index (χ1v) is 18.2. The molecular weight excluding hydrogens is 613 g/mol. The molecule has 3 heterocycles. The highest BCUT2D eigenvalue weighted by Crippen LogP contribution is 2.53. The van der Waals surface area contributed by atoms with E-state index in [9.17, 15) is 0 Å². The van der Waals surface area contributed by atoms with E-state index < -0.39 is 0 Å². The maximum absolute atomic E-state index is 7.19. The van der Waals surface area contributed by atoms with Gasteiger partial charge in [-0.1, -0.05) is 113 Å². The minimum Gasteiger partial charge on any atom is -0.455 e. The number of aryl methyl sites for hydroxylation is 2. The summed E-state index contributed by atoms with van der Waals surface area (Å²) in [4.78, 5) is 15.3. The molecule has 6 aromatic rings. The van der Waals surface area contributed by atoms with Crippen molar-refractivity contribution in [3.63, 3.8) is 0 Å². The van der Waals surface area contributed by atoms with Crippen LogP contribution in [0.4, 0.5) is 0 Å². The van der Waals surface area contributed by atoms with Gasteiger partial charge >= 0.3 is 0 Å². The fraction of sp³-hybridized carbons (Fsp3) is 0.422. The first-order chi connectivity index (χ1) is 23.3. The first-order valence-electron chi connectivity index (χ1n) is 18.2. The van der Waals surface area contributed by atoms with Gasteiger partial charge in [0.05, 0.1) is 10.9 Å². The molecule has 0 amide bonds. The Morgan fingerprint density at radius 1 is 0.760 bits per heavy atom. The van der Waals surface area contributed by atoms with E-state index in [0.29, 0.717) is 5.92 Å². The predicted molar refractivity (Wildman–Crippen MR) is 208 cm³/mol. The van der Waals surface area contributed by atoms with Gasteiger partial charge in [-0.3, -0.25) is 0 Å². The van der Waals surface area contributed by atoms with Crippen LogP contribution in [0.2, 0.25) is 0 Å². The van der Waals surface area contributed by atoms with Crippen molar-refractivity contribution in [2.45, 2.75) is 107 Å². The number of ether oxygens (including phenoxy) is 1. The molecule has 1 aliphatic heterocycles. The molecule has 0 N–H and O–H groups in total. The lowest BCUT2D eigenvalue weighted by molar-refractivity contribution is -0.659. The third-order valence-electron chi connectivity index (χ3n) is 9.93. The van der Waals surface area contributed by atoms with E-state index in [0.717, 1.165) is 68.9 Å². The Morgan fingerprint density at radius 2 is 1.44 bits per heavy atom. The molecule has 0 bridgehead atoms. The van der Waals surface area contributed by atoms with E-state index in [1.54, 1.807) is 0 Å². The molecule has 258 valence electrons. The third-order valence-corrected chi connectivity index (χ3v) is 9.93. The lowest BCUT2D eigenvalue weighted by Gasteiger charge is -2.28. The van der Waals surface area contributed by atoms with Crippen molar-refractivity contribution < 1.29 is 9.30 Å². The van der Waals surface area contributed by atoms with Crippen LogP contribution in [0.5, 0.6) is 11.5 Å². The Labute approximate surface area is 298 Å². The summed E-state index contributed by atoms with van der Waals surface area (Å²) in [5.41, 5.74) is 6.97. The van der Waals surface area contributed by atoms with Gasteiger partial charge in [-0.2, -0.15) is 0 Å². The SMILES string of the molecule is Cc1c2c(c(CC(C)(C)C)c3ccc(CC(C)C)cc13)Oc1cc3cccc(-c4nc(C(C)(C)C)nc(C(C)(C)C)n4)c3c3cc[n+](C)c-2c13. The van der Waals surface area contributed by atoms with Gasteiger partial charge in [0, 0.05) is 38.8 Å². The number of fused-ring (bicyclic) bond motifs is 5. The number of aromatic nitrogens is 4. The van der Waals surface area contributed by atoms with Gasteiger partial charge in [0.1, 0.15) is 30.2 Å². The standard InChI is InChI=1S/C45H53N4O/c1-25(2)21-27-17-18-29-32(22-27)26(3)35-38-37-30(19-20-49(38)13)36-28(23-34(37)50-39(35)33(29)24-43(4,5)6)15-14-16-31(36)40-46-41(44(7,8)9)48-42(47-40)45(10,11)12/h14-20,22-23,25H,21,24H2,1-13H3/q+1. The van der Waals surface area contributed by atoms with Crippen molar-refractivity contribution in [3.8, 4) is 34.1 Å². The molecule has 0 radical (unpaired) electrons. The molecule has 0 saturated heterocycles. The van der Waals surface area contributed by atoms with Crippen LogP contribution in [0.1, 0.15) is 105 Å². The van der Waals surface area contributed by atoms with Gasteiger partial charge in [0.15, 0.2) is 12.0 Å². The Bertz CT molecular complexity index is 2310. The highest BCUT2D eigenvalue weighted by molar-refractivity contribution is 6.20. The van der Waals surface area contributed by atoms with Crippen LogP contribution in [0.15, 0.2) is 54.7 Å². The van der Waals surface area contributed by atoms with Crippen molar-refractivity contribution in [3.05, 3.63) is 83.1 Å². The van der Waals surface area contributed by atoms with Crippen LogP contribution in [-0.4, -0.2) is 15.0 Å². The van der Waals surface area contributed by atoms with Crippen molar-refractivity contribution >= 4 is 32.3 Å². The molecule has 5 nitrogen and oxygen atoms in total. The quantitative estimate of drug-likeness (QED) is 0.139. The lowest BCUT2D eigenvalue weighted by atomic mass is 9.81. The zero-order valence-corrected chi connectivity index (χ0v) is 32.4. The fourth-order valence-corrected chi connectivity index (χ4v) is 7.60. The van der Waals surface area contributed by atoms with E-state index in [-0.39, 0.29) is 16.2 Å². The summed E-state index contributed by atoms with van der Waals surface area (Å²) >= 11 is 0. The normalized spacial score (nSPS) is 13.4. The maximum Gasteiger partial charge on any atom is 0.228 e. The molecule has 7 rings (SSSR count). The summed E-state index contributed by atoms with van der Waals surface area (Å²) in [7, 11) is 2.17. The van der Waals surface area contributed by atoms with Crippen molar-refractivity contribution in [1.82, 2.24) is 15.0 Å². The number of nitrogens with zero attached hydrogens (tertiary/aromatic N) is 4. The lowest BCUT2D eigenvalue weighted by Crippen LogP contribution is -2.32. The minimum atomic E-state index is -0.225. The van der Waals surface area contributed by atoms with Crippen LogP contribution in [0, 0.1) is 18.3 Å². The molecule has 0 unspecified atom stereocenters. The van der Waals surface area contributed by atoms with E-state index in [2.05, 4.69) is 149 Å². The molecule has 5 heteroatoms. The van der Waals surface area contributed by atoms with Crippen LogP contribution in [0.3, 0.4) is 0 Å². The first kappa shape index (κ1) is 34.1. The smallest absolute Gasteiger partial charge is 0.228 e. The summed E-state index contributed by atoms with van der Waals surface area (Å²) in [6.07, 6.45) is 4.18. The van der Waals surface area contributed by atoms with Crippen LogP contribution in [0.25, 0.3) is 55.0 Å². The molecule has 50 heavy (non-hydrogen) atoms. The Morgan fingerprint density at radius 3 is 2.06 bits per heavy atom. The minimum absolute atomic E-state index is 0.0744. The molecule has 0 spiro atoms. The zero-order valence-electron chi connectivity index (χ0n) is 32.4. The molecule has 0 fully saturated rings. The molecule has 2 aromatic heterocycles. The Kier molecular flexibility index (Phi) is 7.90.